The van der Waals surface area contributed by atoms with Crippen molar-refractivity contribution in [1.29, 1.82) is 0 Å². The zero-order valence-electron chi connectivity index (χ0n) is 43.6. The number of aliphatic hydroxyl groups excluding tert-OH is 4. The molecule has 0 bridgehead atoms. The molecule has 3 aliphatic rings. The van der Waals surface area contributed by atoms with Gasteiger partial charge in [-0.3, -0.25) is 23.0 Å². The fourth-order valence-corrected chi connectivity index (χ4v) is 13.2. The lowest BCUT2D eigenvalue weighted by atomic mass is 9.79. The maximum atomic E-state index is 13.0. The van der Waals surface area contributed by atoms with Crippen LogP contribution in [0.4, 0.5) is 16.2 Å². The van der Waals surface area contributed by atoms with Crippen molar-refractivity contribution in [3.8, 4) is 0 Å². The smallest absolute Gasteiger partial charge is 0.315 e. The summed E-state index contributed by atoms with van der Waals surface area (Å²) in [5, 5.41) is 47.5. The minimum absolute atomic E-state index is 0.00374. The zero-order valence-corrected chi connectivity index (χ0v) is 46.8. The lowest BCUT2D eigenvalue weighted by Gasteiger charge is -2.40. The molecule has 24 nitrogen and oxygen atoms in total. The molecule has 0 aromatic heterocycles. The number of hydrogen-bond acceptors (Lipinski definition) is 16. The number of ether oxygens (including phenoxy) is 1. The van der Waals surface area contributed by atoms with Gasteiger partial charge in [-0.15, -0.1) is 0 Å². The van der Waals surface area contributed by atoms with E-state index in [2.05, 4.69) is 16.0 Å². The van der Waals surface area contributed by atoms with E-state index >= 15 is 0 Å². The van der Waals surface area contributed by atoms with Gasteiger partial charge in [-0.05, 0) is 79.4 Å². The summed E-state index contributed by atoms with van der Waals surface area (Å²) >= 11 is 0. The molecular weight excluding hydrogens is 1110 g/mol. The first-order valence-electron chi connectivity index (χ1n) is 25.0. The molecule has 3 aliphatic heterocycles. The van der Waals surface area contributed by atoms with Gasteiger partial charge in [0.2, 0.25) is 11.6 Å². The van der Waals surface area contributed by atoms with E-state index in [-0.39, 0.29) is 53.5 Å². The summed E-state index contributed by atoms with van der Waals surface area (Å²) < 4.78 is 149. The minimum Gasteiger partial charge on any atom is -0.394 e. The van der Waals surface area contributed by atoms with Crippen molar-refractivity contribution in [3.63, 3.8) is 0 Å². The molecule has 3 amide bonds. The molecule has 0 aliphatic carbocycles. The van der Waals surface area contributed by atoms with Gasteiger partial charge in [-0.2, -0.15) is 38.2 Å². The van der Waals surface area contributed by atoms with Gasteiger partial charge in [0.05, 0.1) is 21.8 Å². The standard InChI is InChI=1S/C51H63N5O19S4/c1-6-22-55-35-26-38(78(69,70)71)31-18-16-29(76(63,64)65)24-33(31)43(35)50(2,3)40(55)13-9-7-10-14-41-51(4,5)44-34-25-30(77(66,67)68)17-19-32(34)39(79(72,73)74)27-36(44)56(41)23-12-8-11-15-42(58)52-20-21-53-49(62)54-45-47(60)46(59)37(28-57)75-48(45)61/h7,9-10,13-14,16-19,24-27,37,45-48,57,59-61H,6,8,11-12,15,20-23,28H2,1-5H3,(H6-,52,53,54,58,62,63,64,65,66,67,68,69,70,71,72,73,74)/p+1. The number of nitrogens with zero attached hydrogens (tertiary/aromatic N) is 2. The lowest BCUT2D eigenvalue weighted by Crippen LogP contribution is -2.65. The number of anilines is 1. The van der Waals surface area contributed by atoms with Gasteiger partial charge in [0.1, 0.15) is 40.7 Å². The van der Waals surface area contributed by atoms with E-state index < -0.39 is 114 Å². The van der Waals surface area contributed by atoms with Crippen molar-refractivity contribution in [2.75, 3.05) is 37.7 Å². The Morgan fingerprint density at radius 3 is 1.85 bits per heavy atom. The molecule has 1 fully saturated rings. The summed E-state index contributed by atoms with van der Waals surface area (Å²) in [4.78, 5) is 25.1. The molecule has 28 heteroatoms. The van der Waals surface area contributed by atoms with Crippen LogP contribution in [0.2, 0.25) is 0 Å². The first-order valence-corrected chi connectivity index (χ1v) is 30.7. The Kier molecular flexibility index (Phi) is 17.7. The lowest BCUT2D eigenvalue weighted by molar-refractivity contribution is -0.437. The topological polar surface area (TPSA) is 384 Å². The van der Waals surface area contributed by atoms with Gasteiger partial charge in [0.15, 0.2) is 12.0 Å². The van der Waals surface area contributed by atoms with Gasteiger partial charge >= 0.3 is 6.03 Å². The van der Waals surface area contributed by atoms with Crippen molar-refractivity contribution < 1.29 is 91.2 Å². The zero-order chi connectivity index (χ0) is 58.4. The molecule has 5 atom stereocenters. The summed E-state index contributed by atoms with van der Waals surface area (Å²) in [6.45, 7) is 9.17. The third-order valence-electron chi connectivity index (χ3n) is 14.3. The number of aliphatic hydroxyl groups is 4. The predicted molar refractivity (Wildman–Crippen MR) is 289 cm³/mol. The van der Waals surface area contributed by atoms with Gasteiger partial charge in [0, 0.05) is 77.8 Å². The van der Waals surface area contributed by atoms with Gasteiger partial charge in [0.25, 0.3) is 40.5 Å². The van der Waals surface area contributed by atoms with E-state index in [0.29, 0.717) is 66.1 Å². The van der Waals surface area contributed by atoms with Gasteiger partial charge < -0.3 is 46.0 Å². The molecule has 430 valence electrons. The molecule has 3 heterocycles. The third-order valence-corrected chi connectivity index (χ3v) is 17.8. The second kappa shape index (κ2) is 23.0. The number of allylic oxidation sites excluding steroid dienone is 6. The van der Waals surface area contributed by atoms with Crippen LogP contribution >= 0.6 is 0 Å². The second-order valence-electron chi connectivity index (χ2n) is 20.4. The fourth-order valence-electron chi connectivity index (χ4n) is 10.7. The molecule has 1 saturated heterocycles. The average Bonchev–Trinajstić information content (AvgIpc) is 3.46. The number of carbonyl (C=O) groups is 2. The van der Waals surface area contributed by atoms with Gasteiger partial charge in [-0.1, -0.05) is 57.6 Å². The fraction of sp³-hybridized carbons (Fsp3) is 0.431. The van der Waals surface area contributed by atoms with Crippen LogP contribution in [0.25, 0.3) is 21.5 Å². The van der Waals surface area contributed by atoms with E-state index in [0.717, 1.165) is 18.2 Å². The third kappa shape index (κ3) is 12.6. The van der Waals surface area contributed by atoms with Crippen LogP contribution in [0, 0.1) is 0 Å². The summed E-state index contributed by atoms with van der Waals surface area (Å²) in [6.07, 6.45) is 4.43. The maximum absolute atomic E-state index is 13.0. The Labute approximate surface area is 457 Å². The number of unbranched alkanes of at least 4 members (excludes halogenated alkanes) is 2. The number of amides is 3. The highest BCUT2D eigenvalue weighted by Gasteiger charge is 2.48. The van der Waals surface area contributed by atoms with Crippen molar-refractivity contribution in [2.45, 2.75) is 128 Å². The molecule has 4 aromatic rings. The van der Waals surface area contributed by atoms with E-state index in [1.54, 1.807) is 30.4 Å². The Morgan fingerprint density at radius 2 is 1.28 bits per heavy atom. The number of benzene rings is 4. The summed E-state index contributed by atoms with van der Waals surface area (Å²) in [5.74, 6) is -0.347. The molecule has 0 spiro atoms. The van der Waals surface area contributed by atoms with E-state index in [4.69, 9.17) is 4.74 Å². The van der Waals surface area contributed by atoms with Crippen molar-refractivity contribution >= 4 is 91.0 Å². The second-order valence-corrected chi connectivity index (χ2v) is 26.0. The normalized spacial score (nSPS) is 21.9. The first kappa shape index (κ1) is 60.9. The van der Waals surface area contributed by atoms with Crippen molar-refractivity contribution in [2.24, 2.45) is 0 Å². The Hall–Kier alpha value is -5.73. The molecule has 0 radical (unpaired) electrons. The van der Waals surface area contributed by atoms with Crippen LogP contribution in [-0.4, -0.2) is 158 Å². The quantitative estimate of drug-likeness (QED) is 0.0262. The highest BCUT2D eigenvalue weighted by atomic mass is 32.2. The molecule has 11 N–H and O–H groups in total. The number of carbonyl (C=O) groups excluding carboxylic acids is 2. The number of hydrogen-bond donors (Lipinski definition) is 11. The van der Waals surface area contributed by atoms with E-state index in [1.807, 2.05) is 44.1 Å². The summed E-state index contributed by atoms with van der Waals surface area (Å²) in [6, 6.07) is 7.18. The van der Waals surface area contributed by atoms with Crippen LogP contribution in [0.5, 0.6) is 0 Å². The SMILES string of the molecule is CCC[N+]1=C(C=CC=CC=C2N(CCCCCC(=O)NCCNC(=O)NC3C(O)OC(CO)C(O)C3O)c3cc(S(=O)(=O)O)c4ccc(S(=O)(=O)O)cc4c3C2(C)C)C(C)(C)c2c1cc(S(=O)(=O)O)c1ccc(S(=O)(=O)O)cc21. The molecule has 5 unspecified atom stereocenters. The van der Waals surface area contributed by atoms with Crippen LogP contribution in [0.1, 0.15) is 77.8 Å². The summed E-state index contributed by atoms with van der Waals surface area (Å²) in [5.41, 5.74) is 1.08. The molecule has 4 aromatic carbocycles. The van der Waals surface area contributed by atoms with Crippen molar-refractivity contribution in [1.82, 2.24) is 16.0 Å². The van der Waals surface area contributed by atoms with Crippen LogP contribution in [0.3, 0.4) is 0 Å². The molecule has 79 heavy (non-hydrogen) atoms. The van der Waals surface area contributed by atoms with Gasteiger partial charge in [-0.25, -0.2) is 4.79 Å². The van der Waals surface area contributed by atoms with Crippen LogP contribution in [-0.2, 0) is 60.8 Å². The molecule has 7 rings (SSSR count). The Morgan fingerprint density at radius 1 is 0.696 bits per heavy atom. The average molecular weight is 1180 g/mol. The summed E-state index contributed by atoms with van der Waals surface area (Å²) in [7, 11) is -19.3. The van der Waals surface area contributed by atoms with Crippen molar-refractivity contribution in [3.05, 3.63) is 95.7 Å². The number of urea groups is 1. The predicted octanol–water partition coefficient (Wildman–Crippen LogP) is 3.34. The van der Waals surface area contributed by atoms with E-state index in [1.165, 1.54) is 30.3 Å². The maximum Gasteiger partial charge on any atom is 0.315 e. The molecular formula is C51H64N5O19S4+. The van der Waals surface area contributed by atoms with E-state index in [9.17, 15) is 81.9 Å². The number of fused-ring (bicyclic) bond motifs is 6. The first-order chi connectivity index (χ1) is 36.7. The Bertz CT molecular complexity index is 3690. The Balaban J connectivity index is 1.13. The van der Waals surface area contributed by atoms with Crippen LogP contribution in [0.15, 0.2) is 104 Å². The number of nitrogens with one attached hydrogen (secondary N) is 3. The monoisotopic (exact) mass is 1180 g/mol. The highest BCUT2D eigenvalue weighted by Crippen LogP contribution is 2.53. The minimum atomic E-state index is -4.93. The molecule has 0 saturated carbocycles. The number of rotatable bonds is 20. The van der Waals surface area contributed by atoms with Crippen LogP contribution < -0.4 is 20.9 Å². The largest absolute Gasteiger partial charge is 0.394 e. The highest BCUT2D eigenvalue weighted by molar-refractivity contribution is 7.86.